The van der Waals surface area contributed by atoms with Crippen molar-refractivity contribution in [2.24, 2.45) is 0 Å². The quantitative estimate of drug-likeness (QED) is 0.828. The van der Waals surface area contributed by atoms with Gasteiger partial charge >= 0.3 is 0 Å². The molecule has 0 bridgehead atoms. The molecule has 2 nitrogen and oxygen atoms in total. The highest BCUT2D eigenvalue weighted by Crippen LogP contribution is 2.42. The first kappa shape index (κ1) is 9.67. The first-order valence-electron chi connectivity index (χ1n) is 5.61. The molecule has 0 amide bonds. The number of methoxy groups -OCH3 is 1. The Morgan fingerprint density at radius 1 is 1.25 bits per heavy atom. The molecule has 3 rings (SSSR count). The number of ether oxygens (including phenoxy) is 1. The minimum Gasteiger partial charge on any atom is -0.496 e. The summed E-state index contributed by atoms with van der Waals surface area (Å²) in [4.78, 5) is 0. The van der Waals surface area contributed by atoms with Crippen LogP contribution in [0.4, 0.5) is 0 Å². The third kappa shape index (κ3) is 1.17. The highest BCUT2D eigenvalue weighted by atomic mass is 16.5. The lowest BCUT2D eigenvalue weighted by Gasteiger charge is -2.14. The van der Waals surface area contributed by atoms with Crippen LogP contribution in [0.15, 0.2) is 30.3 Å². The summed E-state index contributed by atoms with van der Waals surface area (Å²) in [5.41, 5.74) is 2.74. The van der Waals surface area contributed by atoms with E-state index in [4.69, 9.17) is 4.74 Å². The van der Waals surface area contributed by atoms with E-state index >= 15 is 0 Å². The molecule has 0 saturated heterocycles. The Morgan fingerprint density at radius 2 is 2.12 bits per heavy atom. The summed E-state index contributed by atoms with van der Waals surface area (Å²) in [7, 11) is 3.75. The first-order valence-corrected chi connectivity index (χ1v) is 5.61. The summed E-state index contributed by atoms with van der Waals surface area (Å²) < 4.78 is 5.47. The van der Waals surface area contributed by atoms with E-state index in [0.29, 0.717) is 6.04 Å². The first-order chi connectivity index (χ1) is 7.85. The molecule has 2 aromatic carbocycles. The maximum Gasteiger partial charge on any atom is 0.124 e. The molecule has 0 radical (unpaired) electrons. The van der Waals surface area contributed by atoms with Gasteiger partial charge in [-0.1, -0.05) is 24.3 Å². The number of rotatable bonds is 2. The molecule has 0 aliphatic heterocycles. The van der Waals surface area contributed by atoms with Crippen LogP contribution in [0.5, 0.6) is 5.75 Å². The molecule has 2 heteroatoms. The van der Waals surface area contributed by atoms with E-state index in [9.17, 15) is 0 Å². The van der Waals surface area contributed by atoms with Crippen molar-refractivity contribution in [1.82, 2.24) is 5.32 Å². The summed E-state index contributed by atoms with van der Waals surface area (Å²) in [6.07, 6.45) is 1.06. The van der Waals surface area contributed by atoms with Crippen LogP contribution in [-0.4, -0.2) is 14.2 Å². The smallest absolute Gasteiger partial charge is 0.124 e. The standard InChI is InChI=1S/C14H15NO/c1-15-11-8-10-5-3-4-9-6-7-12(16-2)14(11)13(9)10/h3-7,11,15H,8H2,1-2H3. The van der Waals surface area contributed by atoms with E-state index in [-0.39, 0.29) is 0 Å². The second kappa shape index (κ2) is 3.49. The summed E-state index contributed by atoms with van der Waals surface area (Å²) >= 11 is 0. The summed E-state index contributed by atoms with van der Waals surface area (Å²) in [6, 6.07) is 11.1. The summed E-state index contributed by atoms with van der Waals surface area (Å²) in [6.45, 7) is 0. The van der Waals surface area contributed by atoms with Crippen LogP contribution in [0.3, 0.4) is 0 Å². The molecule has 0 heterocycles. The normalized spacial score (nSPS) is 18.0. The number of benzene rings is 2. The van der Waals surface area contributed by atoms with Crippen LogP contribution in [0.1, 0.15) is 17.2 Å². The molecule has 2 aromatic rings. The molecule has 0 saturated carbocycles. The van der Waals surface area contributed by atoms with Crippen molar-refractivity contribution in [2.75, 3.05) is 14.2 Å². The van der Waals surface area contributed by atoms with E-state index < -0.39 is 0 Å². The molecule has 1 aliphatic carbocycles. The fraction of sp³-hybridized carbons (Fsp3) is 0.286. The van der Waals surface area contributed by atoms with Crippen molar-refractivity contribution in [3.8, 4) is 5.75 Å². The van der Waals surface area contributed by atoms with Gasteiger partial charge < -0.3 is 10.1 Å². The fourth-order valence-corrected chi connectivity index (χ4v) is 2.73. The second-order valence-corrected chi connectivity index (χ2v) is 4.24. The molecule has 82 valence electrons. The fourth-order valence-electron chi connectivity index (χ4n) is 2.73. The van der Waals surface area contributed by atoms with Crippen LogP contribution >= 0.6 is 0 Å². The lowest BCUT2D eigenvalue weighted by molar-refractivity contribution is 0.404. The zero-order valence-corrected chi connectivity index (χ0v) is 9.58. The Kier molecular flexibility index (Phi) is 2.11. The van der Waals surface area contributed by atoms with Crippen molar-refractivity contribution in [3.63, 3.8) is 0 Å². The van der Waals surface area contributed by atoms with Gasteiger partial charge in [0, 0.05) is 11.6 Å². The van der Waals surface area contributed by atoms with Gasteiger partial charge in [-0.2, -0.15) is 0 Å². The maximum absolute atomic E-state index is 5.47. The second-order valence-electron chi connectivity index (χ2n) is 4.24. The molecular formula is C14H15NO. The Bertz CT molecular complexity index is 548. The van der Waals surface area contributed by atoms with E-state index in [1.807, 2.05) is 7.05 Å². The SMILES string of the molecule is CNC1Cc2cccc3ccc(OC)c1c23. The molecule has 0 fully saturated rings. The van der Waals surface area contributed by atoms with Gasteiger partial charge in [0.15, 0.2) is 0 Å². The molecule has 1 atom stereocenters. The number of nitrogens with one attached hydrogen (secondary N) is 1. The van der Waals surface area contributed by atoms with Crippen LogP contribution in [0.2, 0.25) is 0 Å². The zero-order valence-electron chi connectivity index (χ0n) is 9.58. The predicted molar refractivity (Wildman–Crippen MR) is 66.0 cm³/mol. The van der Waals surface area contributed by atoms with Crippen molar-refractivity contribution in [1.29, 1.82) is 0 Å². The monoisotopic (exact) mass is 213 g/mol. The third-order valence-electron chi connectivity index (χ3n) is 3.47. The molecule has 1 unspecified atom stereocenters. The van der Waals surface area contributed by atoms with Gasteiger partial charge in [0.25, 0.3) is 0 Å². The minimum atomic E-state index is 0.385. The van der Waals surface area contributed by atoms with Crippen LogP contribution in [-0.2, 0) is 6.42 Å². The number of hydrogen-bond donors (Lipinski definition) is 1. The number of hydrogen-bond acceptors (Lipinski definition) is 2. The van der Waals surface area contributed by atoms with Gasteiger partial charge in [-0.3, -0.25) is 0 Å². The van der Waals surface area contributed by atoms with Crippen molar-refractivity contribution < 1.29 is 4.74 Å². The molecule has 1 N–H and O–H groups in total. The largest absolute Gasteiger partial charge is 0.496 e. The van der Waals surface area contributed by atoms with Crippen molar-refractivity contribution in [3.05, 3.63) is 41.5 Å². The average Bonchev–Trinajstić information content (AvgIpc) is 2.71. The maximum atomic E-state index is 5.47. The molecule has 0 spiro atoms. The van der Waals surface area contributed by atoms with E-state index in [1.165, 1.54) is 21.9 Å². The van der Waals surface area contributed by atoms with Crippen LogP contribution in [0, 0.1) is 0 Å². The molecule has 16 heavy (non-hydrogen) atoms. The van der Waals surface area contributed by atoms with E-state index in [0.717, 1.165) is 12.2 Å². The van der Waals surface area contributed by atoms with Gasteiger partial charge in [-0.15, -0.1) is 0 Å². The van der Waals surface area contributed by atoms with Crippen LogP contribution in [0.25, 0.3) is 10.8 Å². The van der Waals surface area contributed by atoms with Crippen molar-refractivity contribution >= 4 is 10.8 Å². The van der Waals surface area contributed by atoms with E-state index in [1.54, 1.807) is 7.11 Å². The minimum absolute atomic E-state index is 0.385. The molecule has 0 aromatic heterocycles. The van der Waals surface area contributed by atoms with Gasteiger partial charge in [-0.25, -0.2) is 0 Å². The zero-order chi connectivity index (χ0) is 11.1. The Hall–Kier alpha value is -1.54. The highest BCUT2D eigenvalue weighted by molar-refractivity contribution is 5.93. The number of likely N-dealkylation sites (N-methyl/N-ethyl adjacent to an activating group) is 1. The lowest BCUT2D eigenvalue weighted by Crippen LogP contribution is -2.15. The van der Waals surface area contributed by atoms with Gasteiger partial charge in [-0.05, 0) is 35.9 Å². The van der Waals surface area contributed by atoms with Crippen LogP contribution < -0.4 is 10.1 Å². The summed E-state index contributed by atoms with van der Waals surface area (Å²) in [5.74, 6) is 0.997. The highest BCUT2D eigenvalue weighted by Gasteiger charge is 2.26. The Morgan fingerprint density at radius 3 is 2.88 bits per heavy atom. The van der Waals surface area contributed by atoms with Gasteiger partial charge in [0.2, 0.25) is 0 Å². The molecule has 1 aliphatic rings. The Balaban J connectivity index is 2.38. The van der Waals surface area contributed by atoms with Gasteiger partial charge in [0.05, 0.1) is 7.11 Å². The Labute approximate surface area is 95.2 Å². The topological polar surface area (TPSA) is 21.3 Å². The van der Waals surface area contributed by atoms with Gasteiger partial charge in [0.1, 0.15) is 5.75 Å². The van der Waals surface area contributed by atoms with Crippen molar-refractivity contribution in [2.45, 2.75) is 12.5 Å². The van der Waals surface area contributed by atoms with E-state index in [2.05, 4.69) is 35.6 Å². The third-order valence-corrected chi connectivity index (χ3v) is 3.47. The molecular weight excluding hydrogens is 198 g/mol. The average molecular weight is 213 g/mol. The lowest BCUT2D eigenvalue weighted by atomic mass is 10.0. The predicted octanol–water partition coefficient (Wildman–Crippen LogP) is 2.67. The summed E-state index contributed by atoms with van der Waals surface area (Å²) in [5, 5.41) is 6.05.